The minimum absolute atomic E-state index is 0.0102. The van der Waals surface area contributed by atoms with E-state index >= 15 is 0 Å². The molecule has 10 nitrogen and oxygen atoms in total. The van der Waals surface area contributed by atoms with E-state index in [1.165, 1.54) is 0 Å². The molecule has 0 aromatic heterocycles. The van der Waals surface area contributed by atoms with Crippen LogP contribution in [-0.4, -0.2) is 71.0 Å². The number of carbonyl (C=O) groups excluding carboxylic acids is 3. The summed E-state index contributed by atoms with van der Waals surface area (Å²) in [5.41, 5.74) is 11.0. The molecule has 4 unspecified atom stereocenters. The summed E-state index contributed by atoms with van der Waals surface area (Å²) in [5.74, 6) is -2.79. The van der Waals surface area contributed by atoms with Crippen LogP contribution in [0, 0.1) is 5.92 Å². The zero-order valence-electron chi connectivity index (χ0n) is 17.5. The van der Waals surface area contributed by atoms with Crippen molar-refractivity contribution in [1.82, 2.24) is 16.0 Å². The van der Waals surface area contributed by atoms with Crippen molar-refractivity contribution >= 4 is 48.9 Å². The first-order valence-corrected chi connectivity index (χ1v) is 11.1. The van der Waals surface area contributed by atoms with Gasteiger partial charge in [0.15, 0.2) is 0 Å². The number of nitrogens with two attached hydrogens (primary N) is 2. The second-order valence-electron chi connectivity index (χ2n) is 7.41. The van der Waals surface area contributed by atoms with Crippen LogP contribution >= 0.6 is 25.3 Å². The molecule has 12 heteroatoms. The van der Waals surface area contributed by atoms with Crippen molar-refractivity contribution in [2.75, 3.05) is 18.1 Å². The molecule has 0 heterocycles. The molecule has 8 N–H and O–H groups in total. The molecule has 0 aromatic rings. The molecule has 0 radical (unpaired) electrons. The summed E-state index contributed by atoms with van der Waals surface area (Å²) in [4.78, 5) is 48.7. The van der Waals surface area contributed by atoms with Gasteiger partial charge in [-0.15, -0.1) is 0 Å². The van der Waals surface area contributed by atoms with Crippen molar-refractivity contribution in [1.29, 1.82) is 0 Å². The number of hydrogen-bond donors (Lipinski definition) is 8. The van der Waals surface area contributed by atoms with E-state index in [-0.39, 0.29) is 30.3 Å². The molecule has 0 bridgehead atoms. The molecule has 30 heavy (non-hydrogen) atoms. The van der Waals surface area contributed by atoms with Gasteiger partial charge >= 0.3 is 5.97 Å². The normalized spacial score (nSPS) is 15.0. The first kappa shape index (κ1) is 28.5. The number of thiol groups is 2. The lowest BCUT2D eigenvalue weighted by Gasteiger charge is -2.25. The van der Waals surface area contributed by atoms with Gasteiger partial charge in [-0.3, -0.25) is 14.4 Å². The number of carbonyl (C=O) groups is 4. The third-order valence-corrected chi connectivity index (χ3v) is 5.01. The van der Waals surface area contributed by atoms with Gasteiger partial charge < -0.3 is 32.5 Å². The zero-order valence-corrected chi connectivity index (χ0v) is 19.3. The predicted octanol–water partition coefficient (Wildman–Crippen LogP) is -1.11. The van der Waals surface area contributed by atoms with Crippen LogP contribution in [0.15, 0.2) is 0 Å². The van der Waals surface area contributed by atoms with Gasteiger partial charge in [-0.2, -0.15) is 25.3 Å². The Bertz CT molecular complexity index is 579. The van der Waals surface area contributed by atoms with Crippen LogP contribution in [0.5, 0.6) is 0 Å². The van der Waals surface area contributed by atoms with Crippen molar-refractivity contribution in [3.8, 4) is 0 Å². The number of carboxylic acid groups (broad SMARTS) is 1. The van der Waals surface area contributed by atoms with Gasteiger partial charge in [0.1, 0.15) is 18.1 Å². The lowest BCUT2D eigenvalue weighted by molar-refractivity contribution is -0.142. The van der Waals surface area contributed by atoms with Gasteiger partial charge in [-0.1, -0.05) is 13.8 Å². The number of carboxylic acids is 1. The van der Waals surface area contributed by atoms with Crippen molar-refractivity contribution < 1.29 is 24.3 Å². The van der Waals surface area contributed by atoms with Crippen LogP contribution < -0.4 is 27.4 Å². The average Bonchev–Trinajstić information content (AvgIpc) is 2.69. The molecule has 0 spiro atoms. The van der Waals surface area contributed by atoms with E-state index in [1.807, 2.05) is 13.8 Å². The quantitative estimate of drug-likeness (QED) is 0.112. The number of aliphatic carboxylic acids is 1. The Morgan fingerprint density at radius 1 is 0.867 bits per heavy atom. The van der Waals surface area contributed by atoms with Gasteiger partial charge in [0.25, 0.3) is 0 Å². The third-order valence-electron chi connectivity index (χ3n) is 4.25. The van der Waals surface area contributed by atoms with Crippen molar-refractivity contribution in [3.05, 3.63) is 0 Å². The third kappa shape index (κ3) is 11.0. The molecule has 174 valence electrons. The molecule has 0 aromatic carbocycles. The lowest BCUT2D eigenvalue weighted by atomic mass is 10.0. The van der Waals surface area contributed by atoms with Gasteiger partial charge in [0.05, 0.1) is 6.04 Å². The van der Waals surface area contributed by atoms with Crippen LogP contribution in [0.1, 0.15) is 39.5 Å². The number of nitrogens with one attached hydrogen (secondary N) is 3. The van der Waals surface area contributed by atoms with E-state index in [2.05, 4.69) is 41.2 Å². The second-order valence-corrected chi connectivity index (χ2v) is 8.14. The van der Waals surface area contributed by atoms with Crippen molar-refractivity contribution in [2.45, 2.75) is 63.7 Å². The van der Waals surface area contributed by atoms with E-state index in [0.29, 0.717) is 19.4 Å². The Labute approximate surface area is 188 Å². The molecule has 0 aliphatic heterocycles. The fourth-order valence-corrected chi connectivity index (χ4v) is 2.98. The molecule has 3 amide bonds. The minimum atomic E-state index is -1.16. The Balaban J connectivity index is 5.18. The summed E-state index contributed by atoms with van der Waals surface area (Å²) >= 11 is 8.02. The topological polar surface area (TPSA) is 177 Å². The Kier molecular flexibility index (Phi) is 14.6. The van der Waals surface area contributed by atoms with E-state index in [0.717, 1.165) is 0 Å². The molecule has 0 aliphatic carbocycles. The number of amides is 3. The monoisotopic (exact) mass is 465 g/mol. The van der Waals surface area contributed by atoms with Gasteiger partial charge in [0.2, 0.25) is 17.7 Å². The highest BCUT2D eigenvalue weighted by molar-refractivity contribution is 7.80. The van der Waals surface area contributed by atoms with Crippen molar-refractivity contribution in [3.63, 3.8) is 0 Å². The highest BCUT2D eigenvalue weighted by Gasteiger charge is 2.30. The fraction of sp³-hybridized carbons (Fsp3) is 0.778. The highest BCUT2D eigenvalue weighted by atomic mass is 32.1. The molecular formula is C18H35N5O5S2. The zero-order chi connectivity index (χ0) is 23.3. The predicted molar refractivity (Wildman–Crippen MR) is 121 cm³/mol. The molecular weight excluding hydrogens is 430 g/mol. The maximum Gasteiger partial charge on any atom is 0.326 e. The largest absolute Gasteiger partial charge is 0.480 e. The fourth-order valence-electron chi connectivity index (χ4n) is 2.55. The molecule has 0 saturated carbocycles. The van der Waals surface area contributed by atoms with Crippen LogP contribution in [0.2, 0.25) is 0 Å². The Hall–Kier alpha value is -1.50. The molecule has 0 rings (SSSR count). The number of hydrogen-bond acceptors (Lipinski definition) is 8. The van der Waals surface area contributed by atoms with Crippen LogP contribution in [0.25, 0.3) is 0 Å². The first-order valence-electron chi connectivity index (χ1n) is 9.88. The Morgan fingerprint density at radius 2 is 1.40 bits per heavy atom. The summed E-state index contributed by atoms with van der Waals surface area (Å²) in [6.45, 7) is 4.16. The summed E-state index contributed by atoms with van der Waals surface area (Å²) in [6.07, 6.45) is 1.71. The van der Waals surface area contributed by atoms with Crippen LogP contribution in [0.4, 0.5) is 0 Å². The second kappa shape index (κ2) is 15.3. The maximum atomic E-state index is 12.7. The van der Waals surface area contributed by atoms with Crippen LogP contribution in [-0.2, 0) is 19.2 Å². The van der Waals surface area contributed by atoms with E-state index in [4.69, 9.17) is 11.5 Å². The van der Waals surface area contributed by atoms with Gasteiger partial charge in [-0.05, 0) is 38.1 Å². The average molecular weight is 466 g/mol. The van der Waals surface area contributed by atoms with E-state index < -0.39 is 47.9 Å². The van der Waals surface area contributed by atoms with E-state index in [9.17, 15) is 24.3 Å². The lowest BCUT2D eigenvalue weighted by Crippen LogP contribution is -2.58. The van der Waals surface area contributed by atoms with E-state index in [1.54, 1.807) is 0 Å². The SMILES string of the molecule is CC(C)CC(NC(=O)C(CS)NC(=O)C(N)CS)C(=O)NC(CCCCN)C(=O)O. The molecule has 0 saturated heterocycles. The summed E-state index contributed by atoms with van der Waals surface area (Å²) in [5, 5.41) is 16.9. The minimum Gasteiger partial charge on any atom is -0.480 e. The first-order chi connectivity index (χ1) is 14.1. The number of rotatable bonds is 15. The smallest absolute Gasteiger partial charge is 0.326 e. The van der Waals surface area contributed by atoms with Gasteiger partial charge in [-0.25, -0.2) is 4.79 Å². The number of unbranched alkanes of at least 4 members (excludes halogenated alkanes) is 1. The van der Waals surface area contributed by atoms with Crippen LogP contribution in [0.3, 0.4) is 0 Å². The molecule has 0 fully saturated rings. The highest BCUT2D eigenvalue weighted by Crippen LogP contribution is 2.08. The summed E-state index contributed by atoms with van der Waals surface area (Å²) < 4.78 is 0. The molecule has 4 atom stereocenters. The molecule has 0 aliphatic rings. The maximum absolute atomic E-state index is 12.7. The summed E-state index contributed by atoms with van der Waals surface area (Å²) in [7, 11) is 0. The Morgan fingerprint density at radius 3 is 1.87 bits per heavy atom. The standard InChI is InChI=1S/C18H35N5O5S2/c1-10(2)7-13(16(25)21-12(18(27)28)5-3-4-6-19)22-17(26)14(9-30)23-15(24)11(20)8-29/h10-14,29-30H,3-9,19-20H2,1-2H3,(H,21,25)(H,22,26)(H,23,24)(H,27,28). The van der Waals surface area contributed by atoms with Crippen molar-refractivity contribution in [2.24, 2.45) is 17.4 Å². The van der Waals surface area contributed by atoms with Gasteiger partial charge in [0, 0.05) is 11.5 Å². The summed E-state index contributed by atoms with van der Waals surface area (Å²) in [6, 6.07) is -3.94.